The molecule has 1 aliphatic heterocycles. The fourth-order valence-corrected chi connectivity index (χ4v) is 1.90. The van der Waals surface area contributed by atoms with Gasteiger partial charge in [-0.25, -0.2) is 4.39 Å². The van der Waals surface area contributed by atoms with Gasteiger partial charge in [0, 0.05) is 6.20 Å². The molecule has 0 fully saturated rings. The largest absolute Gasteiger partial charge is 0.417 e. The Morgan fingerprint density at radius 1 is 0.950 bits per heavy atom. The highest BCUT2D eigenvalue weighted by Crippen LogP contribution is 2.35. The van der Waals surface area contributed by atoms with E-state index in [9.17, 15) is 17.6 Å². The number of aromatic nitrogens is 1. The Morgan fingerprint density at radius 2 is 1.65 bits per heavy atom. The van der Waals surface area contributed by atoms with Crippen LogP contribution >= 0.6 is 0 Å². The summed E-state index contributed by atoms with van der Waals surface area (Å²) in [6.07, 6.45) is -3.61. The van der Waals surface area contributed by atoms with Crippen molar-refractivity contribution >= 4 is 5.71 Å². The third-order valence-electron chi connectivity index (χ3n) is 3.00. The van der Waals surface area contributed by atoms with Gasteiger partial charge >= 0.3 is 6.18 Å². The highest BCUT2D eigenvalue weighted by molar-refractivity contribution is 6.12. The molecule has 6 heteroatoms. The zero-order chi connectivity index (χ0) is 14.3. The van der Waals surface area contributed by atoms with Gasteiger partial charge in [-0.2, -0.15) is 13.2 Å². The van der Waals surface area contributed by atoms with Crippen LogP contribution in [0, 0.1) is 5.82 Å². The molecule has 3 rings (SSSR count). The molecule has 102 valence electrons. The third kappa shape index (κ3) is 2.41. The topological polar surface area (TPSA) is 25.2 Å². The molecule has 2 heterocycles. The SMILES string of the molecule is Fc1ccc(C2N=C2c2ccc(C(F)(F)F)cn2)cc1. The number of aliphatic imine (C=N–C) groups is 1. The summed E-state index contributed by atoms with van der Waals surface area (Å²) in [6.45, 7) is 0. The van der Waals surface area contributed by atoms with Gasteiger partial charge in [-0.05, 0) is 29.8 Å². The van der Waals surface area contributed by atoms with Crippen molar-refractivity contribution in [1.29, 1.82) is 0 Å². The summed E-state index contributed by atoms with van der Waals surface area (Å²) in [4.78, 5) is 7.94. The second-order valence-corrected chi connectivity index (χ2v) is 4.40. The highest BCUT2D eigenvalue weighted by Gasteiger charge is 2.34. The maximum Gasteiger partial charge on any atom is 0.417 e. The summed E-state index contributed by atoms with van der Waals surface area (Å²) in [6, 6.07) is 7.87. The summed E-state index contributed by atoms with van der Waals surface area (Å²) in [7, 11) is 0. The lowest BCUT2D eigenvalue weighted by molar-refractivity contribution is -0.137. The normalized spacial score (nSPS) is 17.8. The molecule has 1 unspecified atom stereocenters. The Hall–Kier alpha value is -2.24. The van der Waals surface area contributed by atoms with Gasteiger partial charge in [0.15, 0.2) is 0 Å². The Labute approximate surface area is 111 Å². The van der Waals surface area contributed by atoms with Gasteiger partial charge in [0.1, 0.15) is 11.9 Å². The minimum absolute atomic E-state index is 0.236. The van der Waals surface area contributed by atoms with Gasteiger partial charge < -0.3 is 0 Å². The van der Waals surface area contributed by atoms with Crippen LogP contribution in [-0.2, 0) is 6.18 Å². The van der Waals surface area contributed by atoms with Crippen molar-refractivity contribution in [1.82, 2.24) is 4.98 Å². The van der Waals surface area contributed by atoms with Gasteiger partial charge in [-0.1, -0.05) is 12.1 Å². The van der Waals surface area contributed by atoms with E-state index in [4.69, 9.17) is 0 Å². The number of hydrogen-bond donors (Lipinski definition) is 0. The first kappa shape index (κ1) is 12.8. The smallest absolute Gasteiger partial charge is 0.270 e. The van der Waals surface area contributed by atoms with Gasteiger partial charge in [0.05, 0.1) is 17.0 Å². The van der Waals surface area contributed by atoms with E-state index in [1.807, 2.05) is 0 Å². The average molecular weight is 280 g/mol. The van der Waals surface area contributed by atoms with Crippen LogP contribution in [0.1, 0.15) is 22.9 Å². The van der Waals surface area contributed by atoms with Crippen molar-refractivity contribution in [2.24, 2.45) is 4.99 Å². The van der Waals surface area contributed by atoms with Crippen LogP contribution < -0.4 is 0 Å². The van der Waals surface area contributed by atoms with Crippen LogP contribution in [0.15, 0.2) is 47.6 Å². The van der Waals surface area contributed by atoms with E-state index in [1.54, 1.807) is 12.1 Å². The molecular weight excluding hydrogens is 272 g/mol. The maximum atomic E-state index is 12.8. The van der Waals surface area contributed by atoms with Crippen LogP contribution in [0.25, 0.3) is 0 Å². The number of benzene rings is 1. The molecule has 0 saturated carbocycles. The van der Waals surface area contributed by atoms with Crippen LogP contribution in [0.5, 0.6) is 0 Å². The predicted octanol–water partition coefficient (Wildman–Crippen LogP) is 3.78. The lowest BCUT2D eigenvalue weighted by Gasteiger charge is -2.05. The summed E-state index contributed by atoms with van der Waals surface area (Å²) in [5, 5.41) is 0. The number of nitrogens with zero attached hydrogens (tertiary/aromatic N) is 2. The number of alkyl halides is 3. The van der Waals surface area contributed by atoms with E-state index in [2.05, 4.69) is 9.98 Å². The number of rotatable bonds is 2. The van der Waals surface area contributed by atoms with E-state index in [0.717, 1.165) is 17.8 Å². The molecule has 0 amide bonds. The summed E-state index contributed by atoms with van der Waals surface area (Å²) in [5.41, 5.74) is 1.03. The monoisotopic (exact) mass is 280 g/mol. The second kappa shape index (κ2) is 4.40. The zero-order valence-electron chi connectivity index (χ0n) is 10.0. The lowest BCUT2D eigenvalue weighted by Crippen LogP contribution is -2.06. The first-order valence-corrected chi connectivity index (χ1v) is 5.82. The molecule has 1 aromatic heterocycles. The van der Waals surface area contributed by atoms with Crippen molar-refractivity contribution < 1.29 is 17.6 Å². The van der Waals surface area contributed by atoms with Crippen LogP contribution in [-0.4, -0.2) is 10.7 Å². The molecule has 0 saturated heterocycles. The Balaban J connectivity index is 1.76. The quantitative estimate of drug-likeness (QED) is 0.768. The molecule has 1 aromatic carbocycles. The lowest BCUT2D eigenvalue weighted by atomic mass is 10.1. The maximum absolute atomic E-state index is 12.8. The zero-order valence-corrected chi connectivity index (χ0v) is 10.0. The van der Waals surface area contributed by atoms with Gasteiger partial charge in [-0.15, -0.1) is 0 Å². The molecule has 1 atom stereocenters. The molecule has 2 aromatic rings. The van der Waals surface area contributed by atoms with E-state index in [1.165, 1.54) is 18.2 Å². The van der Waals surface area contributed by atoms with Crippen LogP contribution in [0.3, 0.4) is 0 Å². The molecule has 0 aliphatic carbocycles. The van der Waals surface area contributed by atoms with Crippen molar-refractivity contribution in [2.45, 2.75) is 12.2 Å². The minimum atomic E-state index is -4.40. The van der Waals surface area contributed by atoms with Crippen molar-refractivity contribution in [3.05, 3.63) is 65.2 Å². The molecule has 0 radical (unpaired) electrons. The van der Waals surface area contributed by atoms with Gasteiger partial charge in [-0.3, -0.25) is 9.98 Å². The average Bonchev–Trinajstić information content (AvgIpc) is 3.19. The fourth-order valence-electron chi connectivity index (χ4n) is 1.90. The summed E-state index contributed by atoms with van der Waals surface area (Å²) < 4.78 is 50.0. The van der Waals surface area contributed by atoms with Crippen molar-refractivity contribution in [3.63, 3.8) is 0 Å². The van der Waals surface area contributed by atoms with E-state index < -0.39 is 11.7 Å². The van der Waals surface area contributed by atoms with Gasteiger partial charge in [0.25, 0.3) is 0 Å². The van der Waals surface area contributed by atoms with Gasteiger partial charge in [0.2, 0.25) is 0 Å². The van der Waals surface area contributed by atoms with Crippen LogP contribution in [0.4, 0.5) is 17.6 Å². The van der Waals surface area contributed by atoms with Crippen molar-refractivity contribution in [3.8, 4) is 0 Å². The highest BCUT2D eigenvalue weighted by atomic mass is 19.4. The molecule has 20 heavy (non-hydrogen) atoms. The minimum Gasteiger partial charge on any atom is -0.270 e. The fraction of sp³-hybridized carbons (Fsp3) is 0.143. The molecule has 0 spiro atoms. The Kier molecular flexibility index (Phi) is 2.81. The first-order chi connectivity index (χ1) is 9.45. The summed E-state index contributed by atoms with van der Waals surface area (Å²) >= 11 is 0. The molecular formula is C14H8F4N2. The Morgan fingerprint density at radius 3 is 2.20 bits per heavy atom. The van der Waals surface area contributed by atoms with E-state index in [-0.39, 0.29) is 11.9 Å². The Bertz CT molecular complexity index is 657. The van der Waals surface area contributed by atoms with Crippen molar-refractivity contribution in [2.75, 3.05) is 0 Å². The number of hydrogen-bond acceptors (Lipinski definition) is 2. The molecule has 1 aliphatic rings. The standard InChI is InChI=1S/C14H8F4N2/c15-10-4-1-8(2-5-10)12-13(20-12)11-6-3-9(7-19-11)14(16,17)18/h1-7,12H. The van der Waals surface area contributed by atoms with E-state index in [0.29, 0.717) is 11.4 Å². The van der Waals surface area contributed by atoms with E-state index >= 15 is 0 Å². The predicted molar refractivity (Wildman–Crippen MR) is 64.9 cm³/mol. The number of pyridine rings is 1. The third-order valence-corrected chi connectivity index (χ3v) is 3.00. The second-order valence-electron chi connectivity index (χ2n) is 4.40. The number of halogens is 4. The molecule has 0 bridgehead atoms. The molecule has 0 N–H and O–H groups in total. The first-order valence-electron chi connectivity index (χ1n) is 5.82. The molecule has 2 nitrogen and oxygen atoms in total. The van der Waals surface area contributed by atoms with Crippen LogP contribution in [0.2, 0.25) is 0 Å². The summed E-state index contributed by atoms with van der Waals surface area (Å²) in [5.74, 6) is -0.344.